The minimum atomic E-state index is -0.339. The number of ether oxygens (including phenoxy) is 1. The van der Waals surface area contributed by atoms with Crippen LogP contribution in [0.5, 0.6) is 0 Å². The van der Waals surface area contributed by atoms with Gasteiger partial charge < -0.3 is 9.84 Å². The van der Waals surface area contributed by atoms with Crippen LogP contribution in [0, 0.1) is 5.41 Å². The van der Waals surface area contributed by atoms with Crippen LogP contribution >= 0.6 is 0 Å². The summed E-state index contributed by atoms with van der Waals surface area (Å²) in [6.07, 6.45) is 13.2. The lowest BCUT2D eigenvalue weighted by Gasteiger charge is -2.32. The topological polar surface area (TPSA) is 46.5 Å². The van der Waals surface area contributed by atoms with Crippen LogP contribution in [-0.4, -0.2) is 24.3 Å². The Balaban J connectivity index is 2.57. The highest BCUT2D eigenvalue weighted by molar-refractivity contribution is 5.86. The molecule has 0 amide bonds. The van der Waals surface area contributed by atoms with Crippen LogP contribution in [-0.2, 0) is 9.53 Å². The van der Waals surface area contributed by atoms with E-state index in [1.165, 1.54) is 44.9 Å². The third-order valence-electron chi connectivity index (χ3n) is 4.61. The second-order valence-corrected chi connectivity index (χ2v) is 6.70. The Kier molecular flexibility index (Phi) is 8.67. The lowest BCUT2D eigenvalue weighted by molar-refractivity contribution is -0.144. The van der Waals surface area contributed by atoms with Crippen molar-refractivity contribution in [1.29, 1.82) is 0 Å². The molecule has 0 unspecified atom stereocenters. The molecule has 1 saturated carbocycles. The normalized spacial score (nSPS) is 20.9. The number of carbonyl (C=O) groups excluding carboxylic acids is 1. The fourth-order valence-electron chi connectivity index (χ4n) is 3.05. The van der Waals surface area contributed by atoms with Crippen LogP contribution in [0.1, 0.15) is 77.6 Å². The summed E-state index contributed by atoms with van der Waals surface area (Å²) in [7, 11) is 0. The first-order chi connectivity index (χ1) is 10.1. The van der Waals surface area contributed by atoms with Gasteiger partial charge in [0.25, 0.3) is 0 Å². The fourth-order valence-corrected chi connectivity index (χ4v) is 3.05. The van der Waals surface area contributed by atoms with Crippen molar-refractivity contribution in [2.75, 3.05) is 13.2 Å². The third-order valence-corrected chi connectivity index (χ3v) is 4.61. The quantitative estimate of drug-likeness (QED) is 0.618. The van der Waals surface area contributed by atoms with Gasteiger partial charge in [-0.1, -0.05) is 64.4 Å². The predicted octanol–water partition coefficient (Wildman–Crippen LogP) is 4.39. The molecular weight excluding hydrogens is 264 g/mol. The molecule has 1 aliphatic rings. The average Bonchev–Trinajstić information content (AvgIpc) is 2.47. The smallest absolute Gasteiger partial charge is 0.333 e. The molecule has 1 fully saturated rings. The van der Waals surface area contributed by atoms with Gasteiger partial charge in [-0.2, -0.15) is 0 Å². The van der Waals surface area contributed by atoms with Crippen LogP contribution in [0.3, 0.4) is 0 Å². The Bertz CT molecular complexity index is 310. The number of esters is 1. The molecule has 1 N–H and O–H groups in total. The molecule has 0 radical (unpaired) electrons. The van der Waals surface area contributed by atoms with Gasteiger partial charge in [0.15, 0.2) is 0 Å². The Morgan fingerprint density at radius 1 is 1.00 bits per heavy atom. The minimum Gasteiger partial charge on any atom is -0.462 e. The molecule has 3 nitrogen and oxygen atoms in total. The standard InChI is InChI=1S/C18H32O3/c1-16(2)17(20)21-15-18(14-19)12-10-8-6-4-3-5-7-9-11-13-18/h19H,1,3-15H2,2H3. The Morgan fingerprint density at radius 2 is 1.43 bits per heavy atom. The molecule has 0 aromatic rings. The van der Waals surface area contributed by atoms with E-state index in [4.69, 9.17) is 4.74 Å². The van der Waals surface area contributed by atoms with E-state index >= 15 is 0 Å². The maximum atomic E-state index is 11.6. The molecule has 1 rings (SSSR count). The highest BCUT2D eigenvalue weighted by Gasteiger charge is 2.30. The molecule has 0 bridgehead atoms. The molecule has 122 valence electrons. The van der Waals surface area contributed by atoms with Crippen LogP contribution in [0.2, 0.25) is 0 Å². The second kappa shape index (κ2) is 9.99. The Hall–Kier alpha value is -0.830. The van der Waals surface area contributed by atoms with Gasteiger partial charge in [-0.05, 0) is 19.8 Å². The average molecular weight is 296 g/mol. The van der Waals surface area contributed by atoms with Gasteiger partial charge in [-0.25, -0.2) is 4.79 Å². The van der Waals surface area contributed by atoms with E-state index in [0.717, 1.165) is 25.7 Å². The summed E-state index contributed by atoms with van der Waals surface area (Å²) in [6.45, 7) is 5.71. The van der Waals surface area contributed by atoms with Crippen molar-refractivity contribution >= 4 is 5.97 Å². The van der Waals surface area contributed by atoms with Gasteiger partial charge in [-0.15, -0.1) is 0 Å². The molecular formula is C18H32O3. The van der Waals surface area contributed by atoms with E-state index in [1.54, 1.807) is 6.92 Å². The van der Waals surface area contributed by atoms with Gasteiger partial charge in [0.1, 0.15) is 0 Å². The van der Waals surface area contributed by atoms with Crippen molar-refractivity contribution in [2.45, 2.75) is 77.6 Å². The van der Waals surface area contributed by atoms with Gasteiger partial charge in [-0.3, -0.25) is 0 Å². The SMILES string of the molecule is C=C(C)C(=O)OCC1(CO)CCCCCCCCCCC1. The summed E-state index contributed by atoms with van der Waals surface area (Å²) in [4.78, 5) is 11.6. The van der Waals surface area contributed by atoms with Crippen LogP contribution < -0.4 is 0 Å². The fraction of sp³-hybridized carbons (Fsp3) is 0.833. The molecule has 1 aliphatic carbocycles. The monoisotopic (exact) mass is 296 g/mol. The molecule has 0 atom stereocenters. The van der Waals surface area contributed by atoms with Crippen molar-refractivity contribution < 1.29 is 14.6 Å². The second-order valence-electron chi connectivity index (χ2n) is 6.70. The zero-order chi connectivity index (χ0) is 15.6. The first-order valence-electron chi connectivity index (χ1n) is 8.53. The lowest BCUT2D eigenvalue weighted by atomic mass is 9.79. The Labute approximate surface area is 129 Å². The maximum Gasteiger partial charge on any atom is 0.333 e. The number of aliphatic hydroxyl groups is 1. The highest BCUT2D eigenvalue weighted by Crippen LogP contribution is 2.33. The Morgan fingerprint density at radius 3 is 1.81 bits per heavy atom. The molecule has 0 heterocycles. The predicted molar refractivity (Wildman–Crippen MR) is 86.1 cm³/mol. The third kappa shape index (κ3) is 7.12. The van der Waals surface area contributed by atoms with Crippen LogP contribution in [0.15, 0.2) is 12.2 Å². The van der Waals surface area contributed by atoms with Crippen LogP contribution in [0.25, 0.3) is 0 Å². The molecule has 3 heteroatoms. The highest BCUT2D eigenvalue weighted by atomic mass is 16.5. The number of aliphatic hydroxyl groups excluding tert-OH is 1. The molecule has 0 aromatic carbocycles. The van der Waals surface area contributed by atoms with Crippen molar-refractivity contribution in [3.63, 3.8) is 0 Å². The van der Waals surface area contributed by atoms with Gasteiger partial charge >= 0.3 is 5.97 Å². The van der Waals surface area contributed by atoms with Crippen molar-refractivity contribution in [1.82, 2.24) is 0 Å². The zero-order valence-corrected chi connectivity index (χ0v) is 13.7. The molecule has 0 saturated heterocycles. The minimum absolute atomic E-state index is 0.108. The van der Waals surface area contributed by atoms with Gasteiger partial charge in [0.05, 0.1) is 13.2 Å². The largest absolute Gasteiger partial charge is 0.462 e. The lowest BCUT2D eigenvalue weighted by Crippen LogP contribution is -2.32. The molecule has 0 aliphatic heterocycles. The zero-order valence-electron chi connectivity index (χ0n) is 13.7. The molecule has 0 spiro atoms. The van der Waals surface area contributed by atoms with Crippen LogP contribution in [0.4, 0.5) is 0 Å². The van der Waals surface area contributed by atoms with Crippen molar-refractivity contribution in [3.8, 4) is 0 Å². The maximum absolute atomic E-state index is 11.6. The number of hydrogen-bond acceptors (Lipinski definition) is 3. The van der Waals surface area contributed by atoms with Crippen molar-refractivity contribution in [2.24, 2.45) is 5.41 Å². The summed E-state index contributed by atoms with van der Waals surface area (Å²) in [6, 6.07) is 0. The van der Waals surface area contributed by atoms with E-state index in [9.17, 15) is 9.90 Å². The first-order valence-corrected chi connectivity index (χ1v) is 8.53. The van der Waals surface area contributed by atoms with E-state index < -0.39 is 0 Å². The summed E-state index contributed by atoms with van der Waals surface area (Å²) < 4.78 is 5.36. The number of hydrogen-bond donors (Lipinski definition) is 1. The first kappa shape index (κ1) is 18.2. The van der Waals surface area contributed by atoms with Gasteiger partial charge in [0, 0.05) is 11.0 Å². The summed E-state index contributed by atoms with van der Waals surface area (Å²) in [5.41, 5.74) is 0.181. The van der Waals surface area contributed by atoms with E-state index in [1.807, 2.05) is 0 Å². The summed E-state index contributed by atoms with van der Waals surface area (Å²) in [5.74, 6) is -0.339. The van der Waals surface area contributed by atoms with Gasteiger partial charge in [0.2, 0.25) is 0 Å². The molecule has 21 heavy (non-hydrogen) atoms. The summed E-state index contributed by atoms with van der Waals surface area (Å²) >= 11 is 0. The number of rotatable bonds is 4. The van der Waals surface area contributed by atoms with E-state index in [0.29, 0.717) is 12.2 Å². The molecule has 0 aromatic heterocycles. The van der Waals surface area contributed by atoms with E-state index in [2.05, 4.69) is 6.58 Å². The summed E-state index contributed by atoms with van der Waals surface area (Å²) in [5, 5.41) is 9.88. The van der Waals surface area contributed by atoms with E-state index in [-0.39, 0.29) is 18.0 Å². The van der Waals surface area contributed by atoms with Crippen molar-refractivity contribution in [3.05, 3.63) is 12.2 Å². The number of carbonyl (C=O) groups is 1.